The molecule has 32 heavy (non-hydrogen) atoms. The summed E-state index contributed by atoms with van der Waals surface area (Å²) < 4.78 is 17.6. The van der Waals surface area contributed by atoms with Crippen LogP contribution in [-0.4, -0.2) is 79.6 Å². The lowest BCUT2D eigenvalue weighted by Crippen LogP contribution is -2.53. The van der Waals surface area contributed by atoms with Gasteiger partial charge in [-0.1, -0.05) is 19.1 Å². The van der Waals surface area contributed by atoms with Crippen LogP contribution >= 0.6 is 0 Å². The maximum atomic E-state index is 13.4. The van der Waals surface area contributed by atoms with E-state index < -0.39 is 5.79 Å². The normalized spacial score (nSPS) is 25.5. The second-order valence-electron chi connectivity index (χ2n) is 9.20. The smallest absolute Gasteiger partial charge is 0.324 e. The molecule has 4 aliphatic heterocycles. The van der Waals surface area contributed by atoms with Crippen LogP contribution in [0.5, 0.6) is 5.75 Å². The number of fused-ring (bicyclic) bond motifs is 1. The Morgan fingerprint density at radius 1 is 1.00 bits per heavy atom. The molecular weight excluding hydrogens is 410 g/mol. The second-order valence-corrected chi connectivity index (χ2v) is 9.20. The molecule has 0 radical (unpaired) electrons. The van der Waals surface area contributed by atoms with Crippen molar-refractivity contribution in [1.82, 2.24) is 9.80 Å². The van der Waals surface area contributed by atoms with Crippen molar-refractivity contribution in [3.05, 3.63) is 24.3 Å². The van der Waals surface area contributed by atoms with Gasteiger partial charge >= 0.3 is 6.03 Å². The Hall–Kier alpha value is -2.32. The summed E-state index contributed by atoms with van der Waals surface area (Å²) in [6.45, 7) is 6.50. The van der Waals surface area contributed by atoms with E-state index in [1.54, 1.807) is 0 Å². The van der Waals surface area contributed by atoms with E-state index in [1.165, 1.54) is 0 Å². The average molecular weight is 444 g/mol. The molecular formula is C24H33N3O5. The molecule has 1 aromatic rings. The van der Waals surface area contributed by atoms with Gasteiger partial charge in [-0.3, -0.25) is 9.69 Å². The van der Waals surface area contributed by atoms with Crippen molar-refractivity contribution in [3.8, 4) is 5.75 Å². The molecule has 0 aromatic heterocycles. The largest absolute Gasteiger partial charge is 0.486 e. The van der Waals surface area contributed by atoms with Crippen LogP contribution in [0.2, 0.25) is 0 Å². The highest BCUT2D eigenvalue weighted by molar-refractivity contribution is 5.94. The first kappa shape index (κ1) is 21.5. The van der Waals surface area contributed by atoms with Gasteiger partial charge in [0.15, 0.2) is 5.79 Å². The van der Waals surface area contributed by atoms with E-state index in [0.29, 0.717) is 58.8 Å². The van der Waals surface area contributed by atoms with E-state index in [-0.39, 0.29) is 24.0 Å². The van der Waals surface area contributed by atoms with Crippen LogP contribution in [0.25, 0.3) is 0 Å². The summed E-state index contributed by atoms with van der Waals surface area (Å²) in [5.74, 6) is 0.505. The van der Waals surface area contributed by atoms with E-state index >= 15 is 0 Å². The molecule has 0 bridgehead atoms. The number of likely N-dealkylation sites (tertiary alicyclic amines) is 2. The molecule has 0 unspecified atom stereocenters. The summed E-state index contributed by atoms with van der Waals surface area (Å²) >= 11 is 0. The van der Waals surface area contributed by atoms with Gasteiger partial charge in [0.05, 0.1) is 25.4 Å². The topological polar surface area (TPSA) is 71.6 Å². The number of piperidine rings is 2. The van der Waals surface area contributed by atoms with Crippen molar-refractivity contribution >= 4 is 17.6 Å². The van der Waals surface area contributed by atoms with E-state index in [9.17, 15) is 9.59 Å². The van der Waals surface area contributed by atoms with E-state index in [4.69, 9.17) is 14.2 Å². The van der Waals surface area contributed by atoms with Gasteiger partial charge in [0.1, 0.15) is 11.9 Å². The summed E-state index contributed by atoms with van der Waals surface area (Å²) in [6.07, 6.45) is 3.76. The molecule has 1 spiro atoms. The number of carbonyl (C=O) groups is 2. The van der Waals surface area contributed by atoms with Crippen molar-refractivity contribution in [2.45, 2.75) is 50.9 Å². The summed E-state index contributed by atoms with van der Waals surface area (Å²) in [7, 11) is 0. The fraction of sp³-hybridized carbons (Fsp3) is 0.667. The Balaban J connectivity index is 1.17. The fourth-order valence-corrected chi connectivity index (χ4v) is 5.29. The van der Waals surface area contributed by atoms with Crippen LogP contribution in [0.4, 0.5) is 10.5 Å². The minimum atomic E-state index is -0.461. The van der Waals surface area contributed by atoms with Gasteiger partial charge in [0, 0.05) is 44.9 Å². The van der Waals surface area contributed by atoms with Crippen molar-refractivity contribution in [2.75, 3.05) is 50.8 Å². The first-order valence-electron chi connectivity index (χ1n) is 12.0. The molecule has 0 N–H and O–H groups in total. The van der Waals surface area contributed by atoms with Crippen LogP contribution in [0.1, 0.15) is 39.0 Å². The number of para-hydroxylation sites is 2. The molecule has 174 valence electrons. The van der Waals surface area contributed by atoms with E-state index in [2.05, 4.69) is 6.92 Å². The predicted molar refractivity (Wildman–Crippen MR) is 119 cm³/mol. The highest BCUT2D eigenvalue weighted by atomic mass is 16.7. The number of amides is 3. The van der Waals surface area contributed by atoms with E-state index in [0.717, 1.165) is 30.7 Å². The minimum absolute atomic E-state index is 0.00295. The molecule has 0 aliphatic carbocycles. The average Bonchev–Trinajstić information content (AvgIpc) is 3.30. The number of urea groups is 1. The second kappa shape index (κ2) is 8.90. The molecule has 4 heterocycles. The summed E-state index contributed by atoms with van der Waals surface area (Å²) in [6, 6.07) is 7.75. The lowest BCUT2D eigenvalue weighted by molar-refractivity contribution is -0.188. The number of anilines is 1. The third kappa shape index (κ3) is 4.06. The van der Waals surface area contributed by atoms with Gasteiger partial charge in [-0.2, -0.15) is 0 Å². The number of carbonyl (C=O) groups excluding carboxylic acids is 2. The van der Waals surface area contributed by atoms with Gasteiger partial charge in [0.25, 0.3) is 0 Å². The molecule has 1 aromatic carbocycles. The highest BCUT2D eigenvalue weighted by Crippen LogP contribution is 2.36. The van der Waals surface area contributed by atoms with Crippen LogP contribution < -0.4 is 9.64 Å². The molecule has 4 aliphatic rings. The minimum Gasteiger partial charge on any atom is -0.486 e. The summed E-state index contributed by atoms with van der Waals surface area (Å²) in [4.78, 5) is 32.2. The lowest BCUT2D eigenvalue weighted by Gasteiger charge is -2.41. The maximum absolute atomic E-state index is 13.4. The first-order valence-corrected chi connectivity index (χ1v) is 12.0. The SMILES string of the molecule is CC[C@H]1CN(C(=O)N2CCC(C(=O)N3CCC4(CC3)OCCO4)CC2)c2ccccc2O1. The zero-order valence-corrected chi connectivity index (χ0v) is 18.8. The van der Waals surface area contributed by atoms with Gasteiger partial charge in [-0.25, -0.2) is 4.79 Å². The molecule has 3 amide bonds. The van der Waals surface area contributed by atoms with Crippen molar-refractivity contribution in [1.29, 1.82) is 0 Å². The number of nitrogens with zero attached hydrogens (tertiary/aromatic N) is 3. The van der Waals surface area contributed by atoms with Gasteiger partial charge < -0.3 is 24.0 Å². The fourth-order valence-electron chi connectivity index (χ4n) is 5.29. The van der Waals surface area contributed by atoms with Crippen LogP contribution in [0.15, 0.2) is 24.3 Å². The molecule has 8 nitrogen and oxygen atoms in total. The number of rotatable bonds is 2. The van der Waals surface area contributed by atoms with E-state index in [1.807, 2.05) is 39.0 Å². The molecule has 0 saturated carbocycles. The zero-order chi connectivity index (χ0) is 22.1. The number of benzene rings is 1. The lowest BCUT2D eigenvalue weighted by atomic mass is 9.93. The van der Waals surface area contributed by atoms with Crippen molar-refractivity contribution in [3.63, 3.8) is 0 Å². The zero-order valence-electron chi connectivity index (χ0n) is 18.8. The van der Waals surface area contributed by atoms with Gasteiger partial charge in [-0.05, 0) is 31.4 Å². The quantitative estimate of drug-likeness (QED) is 0.703. The van der Waals surface area contributed by atoms with Crippen molar-refractivity contribution < 1.29 is 23.8 Å². The number of ether oxygens (including phenoxy) is 3. The Bertz CT molecular complexity index is 838. The molecule has 3 fully saturated rings. The Kier molecular flexibility index (Phi) is 5.99. The molecule has 1 atom stereocenters. The van der Waals surface area contributed by atoms with Gasteiger partial charge in [-0.15, -0.1) is 0 Å². The summed E-state index contributed by atoms with van der Waals surface area (Å²) in [5.41, 5.74) is 0.832. The number of hydrogen-bond donors (Lipinski definition) is 0. The Morgan fingerprint density at radius 3 is 2.38 bits per heavy atom. The number of hydrogen-bond acceptors (Lipinski definition) is 5. The third-order valence-electron chi connectivity index (χ3n) is 7.29. The monoisotopic (exact) mass is 443 g/mol. The predicted octanol–water partition coefficient (Wildman–Crippen LogP) is 2.86. The van der Waals surface area contributed by atoms with Crippen molar-refractivity contribution in [2.24, 2.45) is 5.92 Å². The third-order valence-corrected chi connectivity index (χ3v) is 7.29. The molecule has 8 heteroatoms. The Labute approximate surface area is 189 Å². The first-order chi connectivity index (χ1) is 15.6. The summed E-state index contributed by atoms with van der Waals surface area (Å²) in [5, 5.41) is 0. The Morgan fingerprint density at radius 2 is 1.69 bits per heavy atom. The van der Waals surface area contributed by atoms with Crippen LogP contribution in [0.3, 0.4) is 0 Å². The molecule has 3 saturated heterocycles. The van der Waals surface area contributed by atoms with Crippen LogP contribution in [-0.2, 0) is 14.3 Å². The molecule has 5 rings (SSSR count). The van der Waals surface area contributed by atoms with Crippen LogP contribution in [0, 0.1) is 5.92 Å². The van der Waals surface area contributed by atoms with Gasteiger partial charge in [0.2, 0.25) is 5.91 Å². The highest BCUT2D eigenvalue weighted by Gasteiger charge is 2.42. The standard InChI is InChI=1S/C24H33N3O5/c1-2-19-17-27(20-5-3-4-6-21(20)32-19)23(29)26-11-7-18(8-12-26)22(28)25-13-9-24(10-14-25)30-15-16-31-24/h3-6,18-19H,2,7-17H2,1H3/t19-/m0/s1. The maximum Gasteiger partial charge on any atom is 0.324 e.